The molecule has 1 heterocycles. The highest BCUT2D eigenvalue weighted by Crippen LogP contribution is 2.32. The molecule has 0 radical (unpaired) electrons. The molecule has 0 atom stereocenters. The third-order valence-electron chi connectivity index (χ3n) is 2.33. The zero-order valence-electron chi connectivity index (χ0n) is 8.89. The van der Waals surface area contributed by atoms with Crippen molar-refractivity contribution in [3.05, 3.63) is 46.2 Å². The van der Waals surface area contributed by atoms with Crippen molar-refractivity contribution in [3.8, 4) is 16.9 Å². The van der Waals surface area contributed by atoms with Gasteiger partial charge in [0.2, 0.25) is 0 Å². The van der Waals surface area contributed by atoms with E-state index in [1.165, 1.54) is 30.5 Å². The van der Waals surface area contributed by atoms with Crippen molar-refractivity contribution in [1.82, 2.24) is 4.98 Å². The quantitative estimate of drug-likeness (QED) is 0.828. The molecule has 0 aliphatic heterocycles. The van der Waals surface area contributed by atoms with Crippen LogP contribution in [0.25, 0.3) is 11.1 Å². The summed E-state index contributed by atoms with van der Waals surface area (Å²) in [5.74, 6) is -1.15. The van der Waals surface area contributed by atoms with Crippen LogP contribution in [-0.2, 0) is 0 Å². The van der Waals surface area contributed by atoms with Crippen LogP contribution in [-0.4, -0.2) is 21.2 Å². The molecule has 2 rings (SSSR count). The summed E-state index contributed by atoms with van der Waals surface area (Å²) in [6, 6.07) is 5.74. The van der Waals surface area contributed by atoms with Crippen LogP contribution in [0.1, 0.15) is 10.4 Å². The van der Waals surface area contributed by atoms with E-state index in [-0.39, 0.29) is 16.5 Å². The number of carboxylic acid groups (broad SMARTS) is 1. The lowest BCUT2D eigenvalue weighted by Crippen LogP contribution is -1.99. The number of hydrogen-bond donors (Lipinski definition) is 2. The summed E-state index contributed by atoms with van der Waals surface area (Å²) < 4.78 is 0. The molecule has 0 saturated heterocycles. The van der Waals surface area contributed by atoms with E-state index < -0.39 is 5.97 Å². The number of aromatic nitrogens is 1. The normalized spacial score (nSPS) is 10.3. The summed E-state index contributed by atoms with van der Waals surface area (Å²) in [5.41, 5.74) is 0.842. The molecular formula is C12H7Cl2NO3. The van der Waals surface area contributed by atoms with Crippen molar-refractivity contribution in [2.24, 2.45) is 0 Å². The summed E-state index contributed by atoms with van der Waals surface area (Å²) in [7, 11) is 0. The minimum atomic E-state index is -1.18. The third kappa shape index (κ3) is 2.39. The van der Waals surface area contributed by atoms with Crippen LogP contribution < -0.4 is 0 Å². The lowest BCUT2D eigenvalue weighted by atomic mass is 10.1. The number of aromatic carboxylic acids is 1. The highest BCUT2D eigenvalue weighted by molar-refractivity contribution is 6.34. The van der Waals surface area contributed by atoms with Crippen LogP contribution in [0.4, 0.5) is 0 Å². The molecule has 92 valence electrons. The topological polar surface area (TPSA) is 70.4 Å². The number of phenols is 1. The molecule has 6 heteroatoms. The Morgan fingerprint density at radius 1 is 1.22 bits per heavy atom. The molecule has 2 N–H and O–H groups in total. The molecule has 0 aliphatic carbocycles. The summed E-state index contributed by atoms with van der Waals surface area (Å²) in [5, 5.41) is 18.7. The van der Waals surface area contributed by atoms with Gasteiger partial charge in [-0.05, 0) is 24.3 Å². The van der Waals surface area contributed by atoms with E-state index in [0.29, 0.717) is 16.1 Å². The maximum absolute atomic E-state index is 11.0. The lowest BCUT2D eigenvalue weighted by Gasteiger charge is -2.06. The number of rotatable bonds is 2. The number of carbonyl (C=O) groups is 1. The van der Waals surface area contributed by atoms with Crippen LogP contribution in [0, 0.1) is 0 Å². The molecule has 0 aliphatic rings. The highest BCUT2D eigenvalue weighted by Gasteiger charge is 2.13. The van der Waals surface area contributed by atoms with E-state index in [2.05, 4.69) is 4.98 Å². The van der Waals surface area contributed by atoms with Gasteiger partial charge in [-0.25, -0.2) is 9.78 Å². The first kappa shape index (κ1) is 12.7. The van der Waals surface area contributed by atoms with Crippen LogP contribution in [0.3, 0.4) is 0 Å². The van der Waals surface area contributed by atoms with E-state index in [0.717, 1.165) is 0 Å². The average molecular weight is 284 g/mol. The smallest absolute Gasteiger partial charge is 0.338 e. The van der Waals surface area contributed by atoms with Gasteiger partial charge in [-0.15, -0.1) is 0 Å². The Bertz CT molecular complexity index is 629. The Hall–Kier alpha value is -1.78. The van der Waals surface area contributed by atoms with Crippen LogP contribution in [0.2, 0.25) is 10.2 Å². The minimum absolute atomic E-state index is 0.0289. The fourth-order valence-corrected chi connectivity index (χ4v) is 1.89. The standard InChI is InChI=1S/C12H7Cl2NO3/c13-10-2-1-7(16)4-8(10)6-3-9(12(17)18)11(14)15-5-6/h1-5,16H,(H,17,18). The summed E-state index contributed by atoms with van der Waals surface area (Å²) in [6.07, 6.45) is 1.40. The molecule has 0 spiro atoms. The molecule has 1 aromatic heterocycles. The average Bonchev–Trinajstić information content (AvgIpc) is 2.33. The molecule has 18 heavy (non-hydrogen) atoms. The Labute approximate surface area is 112 Å². The van der Waals surface area contributed by atoms with Gasteiger partial charge >= 0.3 is 5.97 Å². The predicted molar refractivity (Wildman–Crippen MR) is 68.3 cm³/mol. The van der Waals surface area contributed by atoms with Gasteiger partial charge in [0.1, 0.15) is 10.9 Å². The largest absolute Gasteiger partial charge is 0.508 e. The number of carboxylic acids is 1. The van der Waals surface area contributed by atoms with E-state index in [1.54, 1.807) is 0 Å². The van der Waals surface area contributed by atoms with Gasteiger partial charge in [0.05, 0.1) is 5.56 Å². The number of phenolic OH excluding ortho intramolecular Hbond substituents is 1. The number of hydrogen-bond acceptors (Lipinski definition) is 3. The van der Waals surface area contributed by atoms with Gasteiger partial charge in [0.15, 0.2) is 0 Å². The SMILES string of the molecule is O=C(O)c1cc(-c2cc(O)ccc2Cl)cnc1Cl. The summed E-state index contributed by atoms with van der Waals surface area (Å²) in [6.45, 7) is 0. The molecule has 0 saturated carbocycles. The number of nitrogens with zero attached hydrogens (tertiary/aromatic N) is 1. The van der Waals surface area contributed by atoms with Crippen molar-refractivity contribution in [2.45, 2.75) is 0 Å². The first-order valence-electron chi connectivity index (χ1n) is 4.87. The van der Waals surface area contributed by atoms with Crippen LogP contribution in [0.15, 0.2) is 30.5 Å². The molecule has 0 unspecified atom stereocenters. The van der Waals surface area contributed by atoms with Gasteiger partial charge in [-0.2, -0.15) is 0 Å². The van der Waals surface area contributed by atoms with Crippen LogP contribution >= 0.6 is 23.2 Å². The van der Waals surface area contributed by atoms with E-state index in [1.807, 2.05) is 0 Å². The maximum Gasteiger partial charge on any atom is 0.338 e. The van der Waals surface area contributed by atoms with Crippen molar-refractivity contribution in [1.29, 1.82) is 0 Å². The highest BCUT2D eigenvalue weighted by atomic mass is 35.5. The molecule has 0 amide bonds. The Balaban J connectivity index is 2.61. The second-order valence-corrected chi connectivity index (χ2v) is 4.30. The van der Waals surface area contributed by atoms with Gasteiger partial charge in [0.25, 0.3) is 0 Å². The van der Waals surface area contributed by atoms with Crippen molar-refractivity contribution < 1.29 is 15.0 Å². The lowest BCUT2D eigenvalue weighted by molar-refractivity contribution is 0.0696. The Kier molecular flexibility index (Phi) is 3.41. The van der Waals surface area contributed by atoms with Crippen molar-refractivity contribution in [2.75, 3.05) is 0 Å². The Morgan fingerprint density at radius 3 is 2.61 bits per heavy atom. The fraction of sp³-hybridized carbons (Fsp3) is 0. The van der Waals surface area contributed by atoms with Crippen molar-refractivity contribution >= 4 is 29.2 Å². The summed E-state index contributed by atoms with van der Waals surface area (Å²) >= 11 is 11.7. The van der Waals surface area contributed by atoms with Crippen LogP contribution in [0.5, 0.6) is 5.75 Å². The zero-order chi connectivity index (χ0) is 13.3. The molecule has 0 fully saturated rings. The minimum Gasteiger partial charge on any atom is -0.508 e. The maximum atomic E-state index is 11.0. The van der Waals surface area contributed by atoms with Gasteiger partial charge in [0, 0.05) is 22.3 Å². The first-order chi connectivity index (χ1) is 8.49. The Morgan fingerprint density at radius 2 is 1.94 bits per heavy atom. The monoisotopic (exact) mass is 283 g/mol. The number of aromatic hydroxyl groups is 1. The molecule has 1 aromatic carbocycles. The second kappa shape index (κ2) is 4.84. The first-order valence-corrected chi connectivity index (χ1v) is 5.62. The molecular weight excluding hydrogens is 277 g/mol. The third-order valence-corrected chi connectivity index (χ3v) is 2.96. The van der Waals surface area contributed by atoms with E-state index >= 15 is 0 Å². The van der Waals surface area contributed by atoms with Gasteiger partial charge in [-0.3, -0.25) is 0 Å². The molecule has 0 bridgehead atoms. The molecule has 2 aromatic rings. The zero-order valence-corrected chi connectivity index (χ0v) is 10.4. The summed E-state index contributed by atoms with van der Waals surface area (Å²) in [4.78, 5) is 14.7. The van der Waals surface area contributed by atoms with Crippen molar-refractivity contribution in [3.63, 3.8) is 0 Å². The predicted octanol–water partition coefficient (Wildman–Crippen LogP) is 3.46. The number of benzene rings is 1. The van der Waals surface area contributed by atoms with E-state index in [9.17, 15) is 9.90 Å². The fourth-order valence-electron chi connectivity index (χ4n) is 1.48. The van der Waals surface area contributed by atoms with Gasteiger partial charge in [-0.1, -0.05) is 23.2 Å². The number of halogens is 2. The molecule has 4 nitrogen and oxygen atoms in total. The second-order valence-electron chi connectivity index (χ2n) is 3.53. The number of pyridine rings is 1. The van der Waals surface area contributed by atoms with E-state index in [4.69, 9.17) is 28.3 Å². The van der Waals surface area contributed by atoms with Gasteiger partial charge < -0.3 is 10.2 Å².